The van der Waals surface area contributed by atoms with Crippen LogP contribution >= 0.6 is 0 Å². The number of fused-ring (bicyclic) bond motifs is 1. The van der Waals surface area contributed by atoms with Crippen LogP contribution in [0.25, 0.3) is 0 Å². The molecule has 1 atom stereocenters. The third-order valence-electron chi connectivity index (χ3n) is 6.21. The molecule has 4 rings (SSSR count). The zero-order valence-corrected chi connectivity index (χ0v) is 20.1. The van der Waals surface area contributed by atoms with Gasteiger partial charge in [0.1, 0.15) is 11.5 Å². The Balaban J connectivity index is 1.69. The molecule has 1 aliphatic rings. The highest BCUT2D eigenvalue weighted by Crippen LogP contribution is 2.34. The molecular weight excluding hydrogens is 414 g/mol. The number of anilines is 1. The number of methoxy groups -OCH3 is 2. The van der Waals surface area contributed by atoms with Gasteiger partial charge in [0.15, 0.2) is 0 Å². The molecule has 1 aliphatic heterocycles. The van der Waals surface area contributed by atoms with Crippen molar-refractivity contribution < 1.29 is 14.3 Å². The van der Waals surface area contributed by atoms with Crippen LogP contribution in [0.5, 0.6) is 11.5 Å². The van der Waals surface area contributed by atoms with Gasteiger partial charge in [0.2, 0.25) is 0 Å². The predicted molar refractivity (Wildman–Crippen MR) is 131 cm³/mol. The van der Waals surface area contributed by atoms with Gasteiger partial charge in [0, 0.05) is 48.9 Å². The first kappa shape index (κ1) is 22.8. The quantitative estimate of drug-likeness (QED) is 0.547. The van der Waals surface area contributed by atoms with Crippen LogP contribution in [0.1, 0.15) is 50.1 Å². The monoisotopic (exact) mass is 447 g/mol. The first-order valence-corrected chi connectivity index (χ1v) is 11.4. The summed E-state index contributed by atoms with van der Waals surface area (Å²) in [5, 5.41) is 3.06. The number of hydrogen-bond acceptors (Lipinski definition) is 3. The number of aromatic nitrogens is 1. The smallest absolute Gasteiger partial charge is 0.322 e. The van der Waals surface area contributed by atoms with Gasteiger partial charge in [0.05, 0.1) is 20.3 Å². The zero-order valence-electron chi connectivity index (χ0n) is 20.1. The number of amides is 2. The number of carbonyl (C=O) groups excluding carboxylic acids is 1. The molecule has 33 heavy (non-hydrogen) atoms. The van der Waals surface area contributed by atoms with Gasteiger partial charge in [-0.1, -0.05) is 45.0 Å². The molecule has 2 aromatic carbocycles. The molecule has 0 aliphatic carbocycles. The molecule has 2 amide bonds. The molecule has 1 unspecified atom stereocenters. The van der Waals surface area contributed by atoms with Gasteiger partial charge in [-0.3, -0.25) is 0 Å². The highest BCUT2D eigenvalue weighted by atomic mass is 16.5. The maximum atomic E-state index is 13.6. The van der Waals surface area contributed by atoms with E-state index in [1.54, 1.807) is 32.4 Å². The average Bonchev–Trinajstić information content (AvgIpc) is 3.17. The van der Waals surface area contributed by atoms with E-state index in [1.807, 2.05) is 4.90 Å². The van der Waals surface area contributed by atoms with Gasteiger partial charge in [-0.2, -0.15) is 0 Å². The topological polar surface area (TPSA) is 55.7 Å². The predicted octanol–water partition coefficient (Wildman–Crippen LogP) is 5.83. The van der Waals surface area contributed by atoms with E-state index in [1.165, 1.54) is 5.56 Å². The van der Waals surface area contributed by atoms with Crippen LogP contribution in [0.2, 0.25) is 0 Å². The Kier molecular flexibility index (Phi) is 6.36. The second-order valence-electron chi connectivity index (χ2n) is 9.48. The van der Waals surface area contributed by atoms with Gasteiger partial charge in [-0.15, -0.1) is 0 Å². The Hall–Kier alpha value is -3.41. The molecule has 0 saturated carbocycles. The van der Waals surface area contributed by atoms with E-state index in [0.717, 1.165) is 24.2 Å². The maximum Gasteiger partial charge on any atom is 0.322 e. The van der Waals surface area contributed by atoms with Crippen LogP contribution in [0.15, 0.2) is 60.8 Å². The Bertz CT molecular complexity index is 1090. The fraction of sp³-hybridized carbons (Fsp3) is 0.370. The third-order valence-corrected chi connectivity index (χ3v) is 6.21. The van der Waals surface area contributed by atoms with E-state index in [9.17, 15) is 4.79 Å². The lowest BCUT2D eigenvalue weighted by Crippen LogP contribution is -2.38. The van der Waals surface area contributed by atoms with Crippen molar-refractivity contribution in [2.24, 2.45) is 0 Å². The molecular formula is C27H33N3O3. The SMILES string of the molecule is COc1cc(NC(=O)N2CCCn3cccc3C2c2ccc(C(C)(C)C)cc2)cc(OC)c1. The standard InChI is InChI=1S/C27H33N3O3/c1-27(2,3)20-11-9-19(10-12-20)25-24-8-6-13-29(24)14-7-15-30(25)26(31)28-21-16-22(32-4)18-23(17-21)33-5/h6,8-13,16-18,25H,7,14-15H2,1-5H3,(H,28,31). The number of nitrogens with zero attached hydrogens (tertiary/aromatic N) is 2. The summed E-state index contributed by atoms with van der Waals surface area (Å²) in [6, 6.07) is 17.9. The number of rotatable bonds is 4. The summed E-state index contributed by atoms with van der Waals surface area (Å²) in [4.78, 5) is 15.5. The van der Waals surface area contributed by atoms with Crippen molar-refractivity contribution >= 4 is 11.7 Å². The Labute approximate surface area is 196 Å². The molecule has 6 heteroatoms. The fourth-order valence-corrected chi connectivity index (χ4v) is 4.39. The first-order valence-electron chi connectivity index (χ1n) is 11.4. The Morgan fingerprint density at radius 2 is 1.64 bits per heavy atom. The second kappa shape index (κ2) is 9.22. The van der Waals surface area contributed by atoms with E-state index >= 15 is 0 Å². The van der Waals surface area contributed by atoms with Gasteiger partial charge < -0.3 is 24.3 Å². The van der Waals surface area contributed by atoms with Gasteiger partial charge >= 0.3 is 6.03 Å². The lowest BCUT2D eigenvalue weighted by Gasteiger charge is -2.31. The molecule has 1 N–H and O–H groups in total. The van der Waals surface area contributed by atoms with Crippen molar-refractivity contribution in [2.45, 2.75) is 45.2 Å². The van der Waals surface area contributed by atoms with Crippen molar-refractivity contribution in [3.63, 3.8) is 0 Å². The first-order chi connectivity index (χ1) is 15.8. The fourth-order valence-electron chi connectivity index (χ4n) is 4.39. The van der Waals surface area contributed by atoms with Crippen LogP contribution in [0.4, 0.5) is 10.5 Å². The molecule has 2 heterocycles. The molecule has 0 spiro atoms. The van der Waals surface area contributed by atoms with Crippen LogP contribution < -0.4 is 14.8 Å². The molecule has 1 aromatic heterocycles. The highest BCUT2D eigenvalue weighted by molar-refractivity contribution is 5.90. The minimum absolute atomic E-state index is 0.0741. The van der Waals surface area contributed by atoms with Crippen LogP contribution in [0, 0.1) is 0 Å². The lowest BCUT2D eigenvalue weighted by atomic mass is 9.86. The van der Waals surface area contributed by atoms with Gasteiger partial charge in [-0.25, -0.2) is 4.79 Å². The van der Waals surface area contributed by atoms with E-state index < -0.39 is 0 Å². The number of urea groups is 1. The third kappa shape index (κ3) is 4.85. The number of hydrogen-bond donors (Lipinski definition) is 1. The summed E-state index contributed by atoms with van der Waals surface area (Å²) in [6.45, 7) is 8.17. The summed E-state index contributed by atoms with van der Waals surface area (Å²) in [5.74, 6) is 1.26. The Morgan fingerprint density at radius 1 is 0.970 bits per heavy atom. The number of ether oxygens (including phenoxy) is 2. The largest absolute Gasteiger partial charge is 0.497 e. The Morgan fingerprint density at radius 3 is 2.24 bits per heavy atom. The summed E-state index contributed by atoms with van der Waals surface area (Å²) >= 11 is 0. The van der Waals surface area contributed by atoms with E-state index in [4.69, 9.17) is 9.47 Å². The molecule has 174 valence electrons. The maximum absolute atomic E-state index is 13.6. The van der Waals surface area contributed by atoms with Crippen molar-refractivity contribution in [1.82, 2.24) is 9.47 Å². The lowest BCUT2D eigenvalue weighted by molar-refractivity contribution is 0.199. The molecule has 6 nitrogen and oxygen atoms in total. The van der Waals surface area contributed by atoms with Gasteiger partial charge in [-0.05, 0) is 35.1 Å². The molecule has 0 bridgehead atoms. The minimum Gasteiger partial charge on any atom is -0.497 e. The van der Waals surface area contributed by atoms with Crippen LogP contribution in [0.3, 0.4) is 0 Å². The van der Waals surface area contributed by atoms with E-state index in [2.05, 4.69) is 73.3 Å². The number of carbonyl (C=O) groups is 1. The summed E-state index contributed by atoms with van der Waals surface area (Å²) in [6.07, 6.45) is 2.98. The average molecular weight is 448 g/mol. The van der Waals surface area contributed by atoms with Gasteiger partial charge in [0.25, 0.3) is 0 Å². The number of nitrogens with one attached hydrogen (secondary N) is 1. The van der Waals surface area contributed by atoms with E-state index in [-0.39, 0.29) is 17.5 Å². The summed E-state index contributed by atoms with van der Waals surface area (Å²) < 4.78 is 13.0. The number of benzene rings is 2. The zero-order chi connectivity index (χ0) is 23.6. The highest BCUT2D eigenvalue weighted by Gasteiger charge is 2.31. The van der Waals surface area contributed by atoms with Crippen LogP contribution in [-0.2, 0) is 12.0 Å². The van der Waals surface area contributed by atoms with Crippen LogP contribution in [-0.4, -0.2) is 36.3 Å². The molecule has 3 aromatic rings. The van der Waals surface area contributed by atoms with Crippen molar-refractivity contribution in [1.29, 1.82) is 0 Å². The normalized spacial score (nSPS) is 16.0. The number of aryl methyl sites for hydroxylation is 1. The van der Waals surface area contributed by atoms with Crippen molar-refractivity contribution in [2.75, 3.05) is 26.1 Å². The van der Waals surface area contributed by atoms with Crippen molar-refractivity contribution in [3.8, 4) is 11.5 Å². The van der Waals surface area contributed by atoms with Crippen molar-refractivity contribution in [3.05, 3.63) is 77.6 Å². The summed E-state index contributed by atoms with van der Waals surface area (Å²) in [7, 11) is 3.20. The van der Waals surface area contributed by atoms with E-state index in [0.29, 0.717) is 23.7 Å². The molecule has 0 radical (unpaired) electrons. The molecule has 0 fully saturated rings. The summed E-state index contributed by atoms with van der Waals surface area (Å²) in [5.41, 5.74) is 4.20. The minimum atomic E-state index is -0.177. The molecule has 0 saturated heterocycles. The second-order valence-corrected chi connectivity index (χ2v) is 9.48.